The van der Waals surface area contributed by atoms with Gasteiger partial charge in [0.2, 0.25) is 5.91 Å². The number of ether oxygens (including phenoxy) is 1. The molecule has 2 fully saturated rings. The van der Waals surface area contributed by atoms with Crippen molar-refractivity contribution in [2.75, 3.05) is 45.9 Å². The van der Waals surface area contributed by atoms with Crippen LogP contribution in [-0.4, -0.2) is 73.6 Å². The van der Waals surface area contributed by atoms with Crippen molar-refractivity contribution in [3.05, 3.63) is 35.4 Å². The standard InChI is InChI=1S/C23H37N5O2/c1-3-24-23(25-10-6-12-28-11-5-9-22(28)29)26-16-20-7-4-8-21(15-20)18-27-13-14-30-19(2)17-27/h4,7-8,15,19H,3,5-6,9-14,16-18H2,1-2H3,(H2,24,25,26). The van der Waals surface area contributed by atoms with Gasteiger partial charge >= 0.3 is 0 Å². The maximum Gasteiger partial charge on any atom is 0.222 e. The second-order valence-electron chi connectivity index (χ2n) is 8.20. The minimum atomic E-state index is 0.294. The summed E-state index contributed by atoms with van der Waals surface area (Å²) in [5.74, 6) is 1.12. The molecular weight excluding hydrogens is 378 g/mol. The largest absolute Gasteiger partial charge is 0.376 e. The van der Waals surface area contributed by atoms with E-state index in [0.29, 0.717) is 25.0 Å². The lowest BCUT2D eigenvalue weighted by Gasteiger charge is -2.31. The summed E-state index contributed by atoms with van der Waals surface area (Å²) >= 11 is 0. The second-order valence-corrected chi connectivity index (χ2v) is 8.20. The van der Waals surface area contributed by atoms with Crippen molar-refractivity contribution in [1.29, 1.82) is 0 Å². The van der Waals surface area contributed by atoms with Gasteiger partial charge in [0, 0.05) is 52.2 Å². The summed E-state index contributed by atoms with van der Waals surface area (Å²) in [6, 6.07) is 8.71. The van der Waals surface area contributed by atoms with Gasteiger partial charge in [0.1, 0.15) is 0 Å². The second kappa shape index (κ2) is 11.9. The predicted molar refractivity (Wildman–Crippen MR) is 120 cm³/mol. The summed E-state index contributed by atoms with van der Waals surface area (Å²) in [4.78, 5) is 20.9. The Morgan fingerprint density at radius 3 is 2.90 bits per heavy atom. The van der Waals surface area contributed by atoms with Crippen LogP contribution < -0.4 is 10.6 Å². The summed E-state index contributed by atoms with van der Waals surface area (Å²) in [5, 5.41) is 6.71. The molecular formula is C23H37N5O2. The van der Waals surface area contributed by atoms with E-state index >= 15 is 0 Å². The summed E-state index contributed by atoms with van der Waals surface area (Å²) in [5.41, 5.74) is 2.54. The number of rotatable bonds is 9. The molecule has 0 radical (unpaired) electrons. The number of nitrogens with one attached hydrogen (secondary N) is 2. The molecule has 0 aromatic heterocycles. The third-order valence-electron chi connectivity index (χ3n) is 5.56. The molecule has 0 bridgehead atoms. The molecule has 1 aromatic carbocycles. The van der Waals surface area contributed by atoms with Crippen LogP contribution in [0.1, 0.15) is 44.2 Å². The minimum Gasteiger partial charge on any atom is -0.376 e. The van der Waals surface area contributed by atoms with Crippen LogP contribution in [0.25, 0.3) is 0 Å². The van der Waals surface area contributed by atoms with Crippen LogP contribution in [0.5, 0.6) is 0 Å². The Kier molecular flexibility index (Phi) is 8.96. The topological polar surface area (TPSA) is 69.2 Å². The maximum atomic E-state index is 11.7. The van der Waals surface area contributed by atoms with E-state index in [-0.39, 0.29) is 0 Å². The van der Waals surface area contributed by atoms with Gasteiger partial charge in [0.05, 0.1) is 19.3 Å². The van der Waals surface area contributed by atoms with Crippen molar-refractivity contribution in [3.8, 4) is 0 Å². The monoisotopic (exact) mass is 415 g/mol. The van der Waals surface area contributed by atoms with Gasteiger partial charge in [-0.05, 0) is 37.8 Å². The number of morpholine rings is 1. The quantitative estimate of drug-likeness (QED) is 0.367. The molecule has 1 aromatic rings. The predicted octanol–water partition coefficient (Wildman–Crippen LogP) is 1.97. The fourth-order valence-electron chi connectivity index (χ4n) is 4.05. The average Bonchev–Trinajstić information content (AvgIpc) is 3.14. The third kappa shape index (κ3) is 7.29. The van der Waals surface area contributed by atoms with Gasteiger partial charge in [0.25, 0.3) is 0 Å². The molecule has 7 heteroatoms. The molecule has 2 saturated heterocycles. The molecule has 166 valence electrons. The van der Waals surface area contributed by atoms with Gasteiger partial charge in [-0.15, -0.1) is 0 Å². The Morgan fingerprint density at radius 2 is 2.13 bits per heavy atom. The molecule has 3 rings (SSSR count). The first kappa shape index (κ1) is 22.6. The zero-order chi connectivity index (χ0) is 21.2. The molecule has 0 spiro atoms. The molecule has 7 nitrogen and oxygen atoms in total. The van der Waals surface area contributed by atoms with Crippen molar-refractivity contribution in [2.24, 2.45) is 4.99 Å². The number of nitrogens with zero attached hydrogens (tertiary/aromatic N) is 3. The molecule has 1 atom stereocenters. The van der Waals surface area contributed by atoms with Crippen molar-refractivity contribution in [3.63, 3.8) is 0 Å². The van der Waals surface area contributed by atoms with Crippen LogP contribution in [0.2, 0.25) is 0 Å². The third-order valence-corrected chi connectivity index (χ3v) is 5.56. The van der Waals surface area contributed by atoms with Gasteiger partial charge < -0.3 is 20.3 Å². The van der Waals surface area contributed by atoms with Crippen LogP contribution >= 0.6 is 0 Å². The molecule has 1 unspecified atom stereocenters. The van der Waals surface area contributed by atoms with Crippen LogP contribution in [0.3, 0.4) is 0 Å². The Hall–Kier alpha value is -2.12. The molecule has 2 heterocycles. The van der Waals surface area contributed by atoms with Crippen molar-refractivity contribution >= 4 is 11.9 Å². The van der Waals surface area contributed by atoms with E-state index in [0.717, 1.165) is 71.2 Å². The number of carbonyl (C=O) groups is 1. The molecule has 30 heavy (non-hydrogen) atoms. The van der Waals surface area contributed by atoms with E-state index < -0.39 is 0 Å². The van der Waals surface area contributed by atoms with Crippen molar-refractivity contribution in [1.82, 2.24) is 20.4 Å². The number of guanidine groups is 1. The maximum absolute atomic E-state index is 11.7. The summed E-state index contributed by atoms with van der Waals surface area (Å²) in [7, 11) is 0. The van der Waals surface area contributed by atoms with E-state index in [1.54, 1.807) is 0 Å². The van der Waals surface area contributed by atoms with Gasteiger partial charge in [0.15, 0.2) is 5.96 Å². The van der Waals surface area contributed by atoms with Gasteiger partial charge in [-0.2, -0.15) is 0 Å². The van der Waals surface area contributed by atoms with E-state index in [1.165, 1.54) is 11.1 Å². The lowest BCUT2D eigenvalue weighted by molar-refractivity contribution is -0.127. The number of hydrogen-bond donors (Lipinski definition) is 2. The number of benzene rings is 1. The SMILES string of the molecule is CCNC(=NCc1cccc(CN2CCOC(C)C2)c1)NCCCN1CCCC1=O. The lowest BCUT2D eigenvalue weighted by atomic mass is 10.1. The highest BCUT2D eigenvalue weighted by molar-refractivity contribution is 5.79. The van der Waals surface area contributed by atoms with E-state index in [1.807, 2.05) is 4.90 Å². The minimum absolute atomic E-state index is 0.294. The highest BCUT2D eigenvalue weighted by Crippen LogP contribution is 2.13. The number of carbonyl (C=O) groups excluding carboxylic acids is 1. The van der Waals surface area contributed by atoms with Crippen LogP contribution in [0.4, 0.5) is 0 Å². The van der Waals surface area contributed by atoms with Gasteiger partial charge in [-0.3, -0.25) is 9.69 Å². The Bertz CT molecular complexity index is 709. The van der Waals surface area contributed by atoms with Crippen LogP contribution in [0, 0.1) is 0 Å². The molecule has 2 aliphatic heterocycles. The first-order valence-electron chi connectivity index (χ1n) is 11.4. The Balaban J connectivity index is 1.46. The number of hydrogen-bond acceptors (Lipinski definition) is 4. The van der Waals surface area contributed by atoms with Crippen LogP contribution in [0.15, 0.2) is 29.3 Å². The Labute approximate surface area is 180 Å². The number of aliphatic imine (C=N–C) groups is 1. The molecule has 0 aliphatic carbocycles. The van der Waals surface area contributed by atoms with E-state index in [2.05, 4.69) is 53.6 Å². The summed E-state index contributed by atoms with van der Waals surface area (Å²) in [6.45, 7) is 12.0. The number of likely N-dealkylation sites (tertiary alicyclic amines) is 1. The van der Waals surface area contributed by atoms with Crippen molar-refractivity contribution in [2.45, 2.75) is 52.3 Å². The first-order valence-corrected chi connectivity index (χ1v) is 11.4. The number of amides is 1. The van der Waals surface area contributed by atoms with E-state index in [4.69, 9.17) is 9.73 Å². The lowest BCUT2D eigenvalue weighted by Crippen LogP contribution is -2.40. The Morgan fingerprint density at radius 1 is 1.27 bits per heavy atom. The summed E-state index contributed by atoms with van der Waals surface area (Å²) < 4.78 is 5.64. The first-order chi connectivity index (χ1) is 14.6. The molecule has 0 saturated carbocycles. The zero-order valence-electron chi connectivity index (χ0n) is 18.5. The fraction of sp³-hybridized carbons (Fsp3) is 0.652. The van der Waals surface area contributed by atoms with Crippen molar-refractivity contribution < 1.29 is 9.53 Å². The van der Waals surface area contributed by atoms with Gasteiger partial charge in [-0.25, -0.2) is 4.99 Å². The molecule has 2 aliphatic rings. The summed E-state index contributed by atoms with van der Waals surface area (Å²) in [6.07, 6.45) is 2.95. The fourth-order valence-corrected chi connectivity index (χ4v) is 4.05. The molecule has 2 N–H and O–H groups in total. The highest BCUT2D eigenvalue weighted by atomic mass is 16.5. The van der Waals surface area contributed by atoms with E-state index in [9.17, 15) is 4.79 Å². The smallest absolute Gasteiger partial charge is 0.222 e. The zero-order valence-corrected chi connectivity index (χ0v) is 18.5. The van der Waals surface area contributed by atoms with Gasteiger partial charge in [-0.1, -0.05) is 24.3 Å². The van der Waals surface area contributed by atoms with Crippen LogP contribution in [-0.2, 0) is 22.6 Å². The highest BCUT2D eigenvalue weighted by Gasteiger charge is 2.19. The molecule has 1 amide bonds. The average molecular weight is 416 g/mol. The normalized spacial score (nSPS) is 20.6.